The average molecular weight is 296 g/mol. The molecule has 0 unspecified atom stereocenters. The molecule has 0 aliphatic carbocycles. The van der Waals surface area contributed by atoms with E-state index in [2.05, 4.69) is 20.7 Å². The molecule has 21 heavy (non-hydrogen) atoms. The maximum atomic E-state index is 11.6. The molecule has 0 aromatic carbocycles. The van der Waals surface area contributed by atoms with Crippen molar-refractivity contribution < 1.29 is 18.8 Å². The van der Waals surface area contributed by atoms with Crippen LogP contribution in [-0.2, 0) is 14.3 Å². The number of nitrogens with one attached hydrogen (secondary N) is 2. The van der Waals surface area contributed by atoms with E-state index in [0.717, 1.165) is 32.8 Å². The van der Waals surface area contributed by atoms with Crippen LogP contribution in [0.25, 0.3) is 0 Å². The highest BCUT2D eigenvalue weighted by atomic mass is 16.5. The van der Waals surface area contributed by atoms with Gasteiger partial charge in [-0.2, -0.15) is 0 Å². The predicted molar refractivity (Wildman–Crippen MR) is 74.8 cm³/mol. The van der Waals surface area contributed by atoms with Gasteiger partial charge in [-0.1, -0.05) is 5.16 Å². The molecule has 1 fully saturated rings. The molecule has 1 aliphatic heterocycles. The first-order chi connectivity index (χ1) is 10.1. The van der Waals surface area contributed by atoms with Gasteiger partial charge in [0.15, 0.2) is 5.82 Å². The summed E-state index contributed by atoms with van der Waals surface area (Å²) in [6, 6.07) is 1.59. The Balaban J connectivity index is 1.61. The summed E-state index contributed by atoms with van der Waals surface area (Å²) in [5, 5.41) is 8.86. The highest BCUT2D eigenvalue weighted by Gasteiger charge is 2.13. The summed E-state index contributed by atoms with van der Waals surface area (Å²) in [7, 11) is 0. The standard InChI is InChI=1S/C13H20N4O4/c1-10-8-11(16-21-10)15-13(19)9-12(18)14-2-3-17-4-6-20-7-5-17/h8H,2-7,9H2,1H3,(H,14,18)(H,15,16,19). The Morgan fingerprint density at radius 2 is 2.10 bits per heavy atom. The molecule has 1 aliphatic rings. The van der Waals surface area contributed by atoms with Crippen molar-refractivity contribution in [3.8, 4) is 0 Å². The van der Waals surface area contributed by atoms with Crippen molar-refractivity contribution in [2.75, 3.05) is 44.7 Å². The van der Waals surface area contributed by atoms with Gasteiger partial charge in [0.05, 0.1) is 13.2 Å². The Kier molecular flexibility index (Phi) is 5.70. The smallest absolute Gasteiger partial charge is 0.235 e. The van der Waals surface area contributed by atoms with Gasteiger partial charge in [-0.3, -0.25) is 14.5 Å². The van der Waals surface area contributed by atoms with E-state index < -0.39 is 5.91 Å². The number of anilines is 1. The Morgan fingerprint density at radius 3 is 2.76 bits per heavy atom. The number of aryl methyl sites for hydroxylation is 1. The molecule has 1 aromatic heterocycles. The molecule has 2 heterocycles. The molecule has 0 saturated carbocycles. The molecule has 0 atom stereocenters. The van der Waals surface area contributed by atoms with E-state index in [1.165, 1.54) is 0 Å². The SMILES string of the molecule is Cc1cc(NC(=O)CC(=O)NCCN2CCOCC2)no1. The van der Waals surface area contributed by atoms with E-state index in [4.69, 9.17) is 9.26 Å². The molecule has 1 aromatic rings. The lowest BCUT2D eigenvalue weighted by atomic mass is 10.3. The van der Waals surface area contributed by atoms with E-state index in [0.29, 0.717) is 18.1 Å². The minimum absolute atomic E-state index is 0.227. The first kappa shape index (κ1) is 15.5. The number of amides is 2. The maximum absolute atomic E-state index is 11.6. The van der Waals surface area contributed by atoms with Crippen LogP contribution in [0.1, 0.15) is 12.2 Å². The van der Waals surface area contributed by atoms with Crippen LogP contribution in [0.3, 0.4) is 0 Å². The number of aromatic nitrogens is 1. The fourth-order valence-electron chi connectivity index (χ4n) is 2.00. The van der Waals surface area contributed by atoms with Gasteiger partial charge in [0.25, 0.3) is 0 Å². The zero-order chi connectivity index (χ0) is 15.1. The molecule has 8 heteroatoms. The zero-order valence-electron chi connectivity index (χ0n) is 12.1. The minimum atomic E-state index is -0.410. The summed E-state index contributed by atoms with van der Waals surface area (Å²) in [5.41, 5.74) is 0. The second-order valence-corrected chi connectivity index (χ2v) is 4.85. The van der Waals surface area contributed by atoms with Gasteiger partial charge in [-0.15, -0.1) is 0 Å². The number of carbonyl (C=O) groups excluding carboxylic acids is 2. The number of hydrogen-bond acceptors (Lipinski definition) is 6. The second kappa shape index (κ2) is 7.75. The number of ether oxygens (including phenoxy) is 1. The summed E-state index contributed by atoms with van der Waals surface area (Å²) in [4.78, 5) is 25.5. The van der Waals surface area contributed by atoms with Gasteiger partial charge in [0.1, 0.15) is 12.2 Å². The average Bonchev–Trinajstić information content (AvgIpc) is 2.85. The van der Waals surface area contributed by atoms with Crippen LogP contribution in [0.5, 0.6) is 0 Å². The number of carbonyl (C=O) groups is 2. The van der Waals surface area contributed by atoms with E-state index >= 15 is 0 Å². The number of hydrogen-bond donors (Lipinski definition) is 2. The normalized spacial score (nSPS) is 15.7. The summed E-state index contributed by atoms with van der Waals surface area (Å²) in [6.07, 6.45) is -0.227. The van der Waals surface area contributed by atoms with Crippen molar-refractivity contribution in [1.29, 1.82) is 0 Å². The molecule has 116 valence electrons. The van der Waals surface area contributed by atoms with Crippen molar-refractivity contribution in [3.63, 3.8) is 0 Å². The van der Waals surface area contributed by atoms with Gasteiger partial charge in [0, 0.05) is 32.2 Å². The Hall–Kier alpha value is -1.93. The molecule has 2 rings (SSSR count). The van der Waals surface area contributed by atoms with Crippen molar-refractivity contribution in [2.45, 2.75) is 13.3 Å². The molecule has 2 amide bonds. The molecule has 0 bridgehead atoms. The lowest BCUT2D eigenvalue weighted by Crippen LogP contribution is -2.41. The summed E-state index contributed by atoms with van der Waals surface area (Å²) < 4.78 is 10.1. The van der Waals surface area contributed by atoms with E-state index in [9.17, 15) is 9.59 Å². The van der Waals surface area contributed by atoms with Gasteiger partial charge in [0.2, 0.25) is 11.8 Å². The van der Waals surface area contributed by atoms with Crippen LogP contribution >= 0.6 is 0 Å². The molecule has 0 spiro atoms. The van der Waals surface area contributed by atoms with Crippen LogP contribution in [-0.4, -0.2) is 61.3 Å². The summed E-state index contributed by atoms with van der Waals surface area (Å²) in [5.74, 6) is 0.201. The third-order valence-electron chi connectivity index (χ3n) is 3.07. The Morgan fingerprint density at radius 1 is 1.33 bits per heavy atom. The van der Waals surface area contributed by atoms with Gasteiger partial charge in [-0.05, 0) is 6.92 Å². The third kappa shape index (κ3) is 5.52. The third-order valence-corrected chi connectivity index (χ3v) is 3.07. The summed E-state index contributed by atoms with van der Waals surface area (Å²) >= 11 is 0. The Bertz CT molecular complexity index is 482. The van der Waals surface area contributed by atoms with Gasteiger partial charge >= 0.3 is 0 Å². The molecule has 2 N–H and O–H groups in total. The first-order valence-corrected chi connectivity index (χ1v) is 6.93. The lowest BCUT2D eigenvalue weighted by Gasteiger charge is -2.26. The highest BCUT2D eigenvalue weighted by molar-refractivity contribution is 6.03. The molecule has 8 nitrogen and oxygen atoms in total. The van der Waals surface area contributed by atoms with Gasteiger partial charge < -0.3 is 19.9 Å². The van der Waals surface area contributed by atoms with E-state index in [1.54, 1.807) is 13.0 Å². The monoisotopic (exact) mass is 296 g/mol. The number of rotatable bonds is 6. The van der Waals surface area contributed by atoms with Crippen LogP contribution in [0.4, 0.5) is 5.82 Å². The fourth-order valence-corrected chi connectivity index (χ4v) is 2.00. The molecule has 0 radical (unpaired) electrons. The van der Waals surface area contributed by atoms with Crippen molar-refractivity contribution in [2.24, 2.45) is 0 Å². The fraction of sp³-hybridized carbons (Fsp3) is 0.615. The number of morpholine rings is 1. The topological polar surface area (TPSA) is 96.7 Å². The van der Waals surface area contributed by atoms with E-state index in [-0.39, 0.29) is 12.3 Å². The molecule has 1 saturated heterocycles. The highest BCUT2D eigenvalue weighted by Crippen LogP contribution is 2.07. The molecular formula is C13H20N4O4. The van der Waals surface area contributed by atoms with Crippen molar-refractivity contribution in [1.82, 2.24) is 15.4 Å². The van der Waals surface area contributed by atoms with E-state index in [1.807, 2.05) is 0 Å². The van der Waals surface area contributed by atoms with Crippen molar-refractivity contribution >= 4 is 17.6 Å². The maximum Gasteiger partial charge on any atom is 0.235 e. The number of nitrogens with zero attached hydrogens (tertiary/aromatic N) is 2. The summed E-state index contributed by atoms with van der Waals surface area (Å²) in [6.45, 7) is 6.22. The second-order valence-electron chi connectivity index (χ2n) is 4.85. The first-order valence-electron chi connectivity index (χ1n) is 6.93. The van der Waals surface area contributed by atoms with Gasteiger partial charge in [-0.25, -0.2) is 0 Å². The molecular weight excluding hydrogens is 276 g/mol. The van der Waals surface area contributed by atoms with Crippen LogP contribution in [0, 0.1) is 6.92 Å². The Labute approximate surface area is 122 Å². The van der Waals surface area contributed by atoms with Crippen LogP contribution in [0.2, 0.25) is 0 Å². The predicted octanol–water partition coefficient (Wildman–Crippen LogP) is -0.240. The minimum Gasteiger partial charge on any atom is -0.379 e. The van der Waals surface area contributed by atoms with Crippen molar-refractivity contribution in [3.05, 3.63) is 11.8 Å². The lowest BCUT2D eigenvalue weighted by molar-refractivity contribution is -0.126. The van der Waals surface area contributed by atoms with Crippen LogP contribution in [0.15, 0.2) is 10.6 Å². The largest absolute Gasteiger partial charge is 0.379 e. The van der Waals surface area contributed by atoms with Crippen LogP contribution < -0.4 is 10.6 Å². The quantitative estimate of drug-likeness (QED) is 0.703. The zero-order valence-corrected chi connectivity index (χ0v) is 12.1.